The summed E-state index contributed by atoms with van der Waals surface area (Å²) in [6, 6.07) is 21.3. The van der Waals surface area contributed by atoms with Crippen molar-refractivity contribution in [3.05, 3.63) is 82.3 Å². The summed E-state index contributed by atoms with van der Waals surface area (Å²) >= 11 is 3.57. The zero-order chi connectivity index (χ0) is 19.9. The van der Waals surface area contributed by atoms with Gasteiger partial charge in [0, 0.05) is 16.6 Å². The van der Waals surface area contributed by atoms with Gasteiger partial charge in [0.05, 0.1) is 14.2 Å². The fraction of sp³-hybridized carbons (Fsp3) is 0.174. The van der Waals surface area contributed by atoms with Gasteiger partial charge in [-0.15, -0.1) is 0 Å². The van der Waals surface area contributed by atoms with E-state index in [0.29, 0.717) is 30.0 Å². The third-order valence-corrected chi connectivity index (χ3v) is 5.17. The topological polar surface area (TPSA) is 47.6 Å². The van der Waals surface area contributed by atoms with Crippen LogP contribution >= 0.6 is 15.9 Å². The van der Waals surface area contributed by atoms with Gasteiger partial charge in [0.25, 0.3) is 5.91 Å². The Bertz CT molecular complexity index is 972. The largest absolute Gasteiger partial charge is 0.493 e. The zero-order valence-electron chi connectivity index (χ0n) is 15.9. The van der Waals surface area contributed by atoms with E-state index in [1.54, 1.807) is 14.2 Å². The van der Waals surface area contributed by atoms with Crippen LogP contribution in [-0.2, 0) is 6.42 Å². The summed E-state index contributed by atoms with van der Waals surface area (Å²) in [6.07, 6.45) is 0.698. The number of carbonyl (C=O) groups excluding carboxylic acids is 1. The van der Waals surface area contributed by atoms with Crippen molar-refractivity contribution in [2.24, 2.45) is 0 Å². The second-order valence-electron chi connectivity index (χ2n) is 6.22. The minimum Gasteiger partial charge on any atom is -0.493 e. The highest BCUT2D eigenvalue weighted by molar-refractivity contribution is 9.10. The van der Waals surface area contributed by atoms with E-state index >= 15 is 0 Å². The Morgan fingerprint density at radius 3 is 2.29 bits per heavy atom. The van der Waals surface area contributed by atoms with Crippen LogP contribution in [0.1, 0.15) is 15.9 Å². The van der Waals surface area contributed by atoms with Crippen molar-refractivity contribution in [3.8, 4) is 22.6 Å². The molecule has 3 rings (SSSR count). The number of halogens is 1. The lowest BCUT2D eigenvalue weighted by Crippen LogP contribution is -2.26. The van der Waals surface area contributed by atoms with Gasteiger partial charge in [-0.3, -0.25) is 4.79 Å². The Balaban J connectivity index is 1.71. The highest BCUT2D eigenvalue weighted by Crippen LogP contribution is 2.30. The molecule has 0 atom stereocenters. The van der Waals surface area contributed by atoms with Gasteiger partial charge in [-0.1, -0.05) is 58.4 Å². The summed E-state index contributed by atoms with van der Waals surface area (Å²) in [5.74, 6) is 1.29. The second kappa shape index (κ2) is 9.42. The van der Waals surface area contributed by atoms with Crippen LogP contribution in [0.3, 0.4) is 0 Å². The first-order valence-electron chi connectivity index (χ1n) is 8.97. The number of carbonyl (C=O) groups is 1. The van der Waals surface area contributed by atoms with Crippen LogP contribution in [0, 0.1) is 0 Å². The van der Waals surface area contributed by atoms with E-state index in [4.69, 9.17) is 9.47 Å². The Morgan fingerprint density at radius 2 is 1.57 bits per heavy atom. The summed E-state index contributed by atoms with van der Waals surface area (Å²) in [7, 11) is 3.22. The third-order valence-electron chi connectivity index (χ3n) is 4.48. The lowest BCUT2D eigenvalue weighted by Gasteiger charge is -2.12. The molecule has 0 fully saturated rings. The third kappa shape index (κ3) is 4.54. The number of ether oxygens (including phenoxy) is 2. The van der Waals surface area contributed by atoms with E-state index in [-0.39, 0.29) is 5.91 Å². The predicted octanol–water partition coefficient (Wildman–Crippen LogP) is 5.11. The van der Waals surface area contributed by atoms with Crippen LogP contribution in [0.2, 0.25) is 0 Å². The molecule has 4 nitrogen and oxygen atoms in total. The number of rotatable bonds is 7. The summed E-state index contributed by atoms with van der Waals surface area (Å²) < 4.78 is 11.5. The minimum atomic E-state index is -0.0909. The molecule has 0 heterocycles. The Hall–Kier alpha value is -2.79. The number of methoxy groups -OCH3 is 2. The summed E-state index contributed by atoms with van der Waals surface area (Å²) in [4.78, 5) is 12.8. The van der Waals surface area contributed by atoms with Gasteiger partial charge < -0.3 is 14.8 Å². The van der Waals surface area contributed by atoms with E-state index in [0.717, 1.165) is 21.2 Å². The normalized spacial score (nSPS) is 10.4. The van der Waals surface area contributed by atoms with Gasteiger partial charge in [-0.05, 0) is 47.4 Å². The summed E-state index contributed by atoms with van der Waals surface area (Å²) in [6.45, 7) is 0.526. The number of hydrogen-bond donors (Lipinski definition) is 1. The van der Waals surface area contributed by atoms with Crippen molar-refractivity contribution >= 4 is 21.8 Å². The van der Waals surface area contributed by atoms with Crippen LogP contribution < -0.4 is 14.8 Å². The van der Waals surface area contributed by atoms with E-state index in [9.17, 15) is 4.79 Å². The first-order valence-corrected chi connectivity index (χ1v) is 9.76. The van der Waals surface area contributed by atoms with Gasteiger partial charge in [-0.25, -0.2) is 0 Å². The molecule has 0 aliphatic carbocycles. The maximum absolute atomic E-state index is 12.8. The van der Waals surface area contributed by atoms with Crippen LogP contribution in [0.4, 0.5) is 0 Å². The average molecular weight is 440 g/mol. The molecule has 0 aliphatic heterocycles. The number of benzene rings is 3. The number of nitrogens with one attached hydrogen (secondary N) is 1. The predicted molar refractivity (Wildman–Crippen MR) is 115 cm³/mol. The quantitative estimate of drug-likeness (QED) is 0.556. The number of amides is 1. The highest BCUT2D eigenvalue weighted by Gasteiger charge is 2.14. The van der Waals surface area contributed by atoms with Crippen LogP contribution in [-0.4, -0.2) is 26.7 Å². The van der Waals surface area contributed by atoms with Crippen molar-refractivity contribution in [3.63, 3.8) is 0 Å². The lowest BCUT2D eigenvalue weighted by atomic mass is 9.99. The maximum Gasteiger partial charge on any atom is 0.251 e. The van der Waals surface area contributed by atoms with E-state index in [1.807, 2.05) is 66.7 Å². The Morgan fingerprint density at radius 1 is 0.893 bits per heavy atom. The lowest BCUT2D eigenvalue weighted by molar-refractivity contribution is 0.0955. The fourth-order valence-corrected chi connectivity index (χ4v) is 3.55. The SMILES string of the molecule is COc1ccc(CCNC(=O)c2ccccc2-c2ccccc2Br)cc1OC. The molecule has 0 bridgehead atoms. The van der Waals surface area contributed by atoms with Crippen molar-refractivity contribution in [1.29, 1.82) is 0 Å². The Kier molecular flexibility index (Phi) is 6.71. The van der Waals surface area contributed by atoms with E-state index in [2.05, 4.69) is 21.2 Å². The molecule has 0 radical (unpaired) electrons. The standard InChI is InChI=1S/C23H22BrNO3/c1-27-21-12-11-16(15-22(21)28-2)13-14-25-23(26)19-9-4-3-7-17(19)18-8-5-6-10-20(18)24/h3-12,15H,13-14H2,1-2H3,(H,25,26). The molecule has 0 saturated carbocycles. The van der Waals surface area contributed by atoms with Crippen LogP contribution in [0.25, 0.3) is 11.1 Å². The van der Waals surface area contributed by atoms with Gasteiger partial charge in [0.15, 0.2) is 11.5 Å². The first kappa shape index (κ1) is 20.0. The maximum atomic E-state index is 12.8. The highest BCUT2D eigenvalue weighted by atomic mass is 79.9. The monoisotopic (exact) mass is 439 g/mol. The molecule has 3 aromatic carbocycles. The average Bonchev–Trinajstić information content (AvgIpc) is 2.74. The smallest absolute Gasteiger partial charge is 0.251 e. The molecular formula is C23H22BrNO3. The van der Waals surface area contributed by atoms with Gasteiger partial charge in [0.1, 0.15) is 0 Å². The van der Waals surface area contributed by atoms with Crippen molar-refractivity contribution in [2.45, 2.75) is 6.42 Å². The molecule has 28 heavy (non-hydrogen) atoms. The van der Waals surface area contributed by atoms with Gasteiger partial charge >= 0.3 is 0 Å². The molecule has 144 valence electrons. The van der Waals surface area contributed by atoms with Gasteiger partial charge in [0.2, 0.25) is 0 Å². The van der Waals surface area contributed by atoms with E-state index < -0.39 is 0 Å². The van der Waals surface area contributed by atoms with E-state index in [1.165, 1.54) is 0 Å². The molecule has 1 N–H and O–H groups in total. The fourth-order valence-electron chi connectivity index (χ4n) is 3.05. The molecule has 0 saturated heterocycles. The van der Waals surface area contributed by atoms with Crippen molar-refractivity contribution in [1.82, 2.24) is 5.32 Å². The van der Waals surface area contributed by atoms with Gasteiger partial charge in [-0.2, -0.15) is 0 Å². The Labute approximate surface area is 173 Å². The minimum absolute atomic E-state index is 0.0909. The number of hydrogen-bond acceptors (Lipinski definition) is 3. The molecule has 0 aliphatic rings. The molecule has 0 unspecified atom stereocenters. The molecule has 3 aromatic rings. The van der Waals surface area contributed by atoms with Crippen molar-refractivity contribution in [2.75, 3.05) is 20.8 Å². The summed E-state index contributed by atoms with van der Waals surface area (Å²) in [5, 5.41) is 3.02. The molecule has 1 amide bonds. The molecule has 0 aromatic heterocycles. The first-order chi connectivity index (χ1) is 13.6. The second-order valence-corrected chi connectivity index (χ2v) is 7.08. The molecule has 5 heteroatoms. The molecular weight excluding hydrogens is 418 g/mol. The summed E-state index contributed by atoms with van der Waals surface area (Å²) in [5.41, 5.74) is 3.62. The van der Waals surface area contributed by atoms with Crippen LogP contribution in [0.15, 0.2) is 71.2 Å². The van der Waals surface area contributed by atoms with Crippen molar-refractivity contribution < 1.29 is 14.3 Å². The molecule has 0 spiro atoms. The zero-order valence-corrected chi connectivity index (χ0v) is 17.5. The van der Waals surface area contributed by atoms with Crippen LogP contribution in [0.5, 0.6) is 11.5 Å².